The quantitative estimate of drug-likeness (QED) is 0.756. The van der Waals surface area contributed by atoms with Crippen molar-refractivity contribution in [1.29, 1.82) is 0 Å². The number of hydrogen-bond acceptors (Lipinski definition) is 3. The van der Waals surface area contributed by atoms with Crippen molar-refractivity contribution >= 4 is 40.9 Å². The highest BCUT2D eigenvalue weighted by molar-refractivity contribution is 14.1. The molecule has 1 aliphatic heterocycles. The Labute approximate surface area is 145 Å². The summed E-state index contributed by atoms with van der Waals surface area (Å²) in [6, 6.07) is 7.84. The van der Waals surface area contributed by atoms with Gasteiger partial charge in [-0.3, -0.25) is 4.79 Å². The zero-order valence-corrected chi connectivity index (χ0v) is 15.1. The van der Waals surface area contributed by atoms with Gasteiger partial charge in [0.25, 0.3) is 5.91 Å². The van der Waals surface area contributed by atoms with Crippen LogP contribution in [0.25, 0.3) is 0 Å². The summed E-state index contributed by atoms with van der Waals surface area (Å²) in [4.78, 5) is 14.0. The first-order valence-electron chi connectivity index (χ1n) is 6.98. The predicted octanol–water partition coefficient (Wildman–Crippen LogP) is 2.68. The molecule has 1 aliphatic rings. The number of hydrogen-bond donors (Lipinski definition) is 1. The van der Waals surface area contributed by atoms with E-state index >= 15 is 0 Å². The highest BCUT2D eigenvalue weighted by Gasteiger charge is 2.25. The van der Waals surface area contributed by atoms with Crippen molar-refractivity contribution in [3.63, 3.8) is 0 Å². The molecule has 1 aromatic rings. The first kappa shape index (κ1) is 18.5. The zero-order valence-electron chi connectivity index (χ0n) is 12.1. The van der Waals surface area contributed by atoms with Crippen molar-refractivity contribution in [3.05, 3.63) is 27.8 Å². The van der Waals surface area contributed by atoms with Crippen LogP contribution in [0.2, 0.25) is 0 Å². The molecule has 1 heterocycles. The number of carbonyl (C=O) groups is 1. The lowest BCUT2D eigenvalue weighted by Crippen LogP contribution is -2.46. The molecule has 2 unspecified atom stereocenters. The van der Waals surface area contributed by atoms with Crippen LogP contribution in [-0.4, -0.2) is 36.5 Å². The standard InChI is InChI=1S/C15H21IN2O2.ClH/c1-11(17)12-3-2-8-18(9-12)15(19)10-20-14-6-4-13(16)5-7-14;/h4-7,11-12H,2-3,8-10,17H2,1H3;1H. The Bertz CT molecular complexity index is 453. The zero-order chi connectivity index (χ0) is 14.5. The van der Waals surface area contributed by atoms with Gasteiger partial charge in [0.15, 0.2) is 6.61 Å². The van der Waals surface area contributed by atoms with Gasteiger partial charge < -0.3 is 15.4 Å². The van der Waals surface area contributed by atoms with E-state index in [-0.39, 0.29) is 31.0 Å². The predicted molar refractivity (Wildman–Crippen MR) is 94.9 cm³/mol. The SMILES string of the molecule is CC(N)C1CCCN(C(=O)COc2ccc(I)cc2)C1.Cl. The molecule has 2 rings (SSSR count). The number of benzene rings is 1. The molecule has 1 saturated heterocycles. The van der Waals surface area contributed by atoms with Crippen LogP contribution in [0.15, 0.2) is 24.3 Å². The van der Waals surface area contributed by atoms with E-state index in [0.29, 0.717) is 5.92 Å². The minimum Gasteiger partial charge on any atom is -0.484 e. The van der Waals surface area contributed by atoms with Crippen LogP contribution in [0.1, 0.15) is 19.8 Å². The van der Waals surface area contributed by atoms with Gasteiger partial charge in [-0.1, -0.05) is 0 Å². The molecule has 0 spiro atoms. The highest BCUT2D eigenvalue weighted by Crippen LogP contribution is 2.19. The van der Waals surface area contributed by atoms with E-state index in [2.05, 4.69) is 22.6 Å². The molecule has 0 saturated carbocycles. The van der Waals surface area contributed by atoms with E-state index in [1.807, 2.05) is 36.1 Å². The monoisotopic (exact) mass is 424 g/mol. The van der Waals surface area contributed by atoms with Gasteiger partial charge >= 0.3 is 0 Å². The van der Waals surface area contributed by atoms with Gasteiger partial charge in [-0.15, -0.1) is 12.4 Å². The minimum atomic E-state index is 0. The van der Waals surface area contributed by atoms with Crippen LogP contribution >= 0.6 is 35.0 Å². The van der Waals surface area contributed by atoms with E-state index in [9.17, 15) is 4.79 Å². The molecule has 4 nitrogen and oxygen atoms in total. The van der Waals surface area contributed by atoms with Crippen LogP contribution in [-0.2, 0) is 4.79 Å². The summed E-state index contributed by atoms with van der Waals surface area (Å²) < 4.78 is 6.70. The number of nitrogens with two attached hydrogens (primary N) is 1. The number of piperidine rings is 1. The maximum atomic E-state index is 12.2. The lowest BCUT2D eigenvalue weighted by molar-refractivity contribution is -0.135. The van der Waals surface area contributed by atoms with Crippen LogP contribution in [0.4, 0.5) is 0 Å². The van der Waals surface area contributed by atoms with Crippen LogP contribution in [0.3, 0.4) is 0 Å². The molecule has 1 fully saturated rings. The van der Waals surface area contributed by atoms with Gasteiger partial charge in [0.2, 0.25) is 0 Å². The van der Waals surface area contributed by atoms with Crippen molar-refractivity contribution in [2.24, 2.45) is 11.7 Å². The molecule has 0 bridgehead atoms. The van der Waals surface area contributed by atoms with Gasteiger partial charge in [-0.25, -0.2) is 0 Å². The van der Waals surface area contributed by atoms with Crippen molar-refractivity contribution in [1.82, 2.24) is 4.90 Å². The molecular formula is C15H22ClIN2O2. The molecule has 1 aromatic carbocycles. The summed E-state index contributed by atoms with van der Waals surface area (Å²) in [5.74, 6) is 1.19. The Morgan fingerprint density at radius 3 is 2.76 bits per heavy atom. The molecule has 118 valence electrons. The molecule has 2 atom stereocenters. The highest BCUT2D eigenvalue weighted by atomic mass is 127. The molecule has 0 radical (unpaired) electrons. The van der Waals surface area contributed by atoms with Crippen LogP contribution in [0.5, 0.6) is 5.75 Å². The summed E-state index contributed by atoms with van der Waals surface area (Å²) in [6.07, 6.45) is 2.14. The van der Waals surface area contributed by atoms with E-state index in [1.54, 1.807) is 0 Å². The maximum Gasteiger partial charge on any atom is 0.260 e. The van der Waals surface area contributed by atoms with Crippen molar-refractivity contribution in [3.8, 4) is 5.75 Å². The average Bonchev–Trinajstić information content (AvgIpc) is 2.46. The number of rotatable bonds is 4. The molecule has 21 heavy (non-hydrogen) atoms. The number of halogens is 2. The second-order valence-corrected chi connectivity index (χ2v) is 6.59. The van der Waals surface area contributed by atoms with Gasteiger partial charge in [0.05, 0.1) is 0 Å². The Morgan fingerprint density at radius 2 is 2.14 bits per heavy atom. The Balaban J connectivity index is 0.00000220. The molecule has 1 amide bonds. The summed E-state index contributed by atoms with van der Waals surface area (Å²) >= 11 is 2.24. The fourth-order valence-electron chi connectivity index (χ4n) is 2.43. The number of amides is 1. The number of ether oxygens (including phenoxy) is 1. The number of likely N-dealkylation sites (tertiary alicyclic amines) is 1. The van der Waals surface area contributed by atoms with E-state index in [0.717, 1.165) is 35.3 Å². The smallest absolute Gasteiger partial charge is 0.260 e. The van der Waals surface area contributed by atoms with E-state index < -0.39 is 0 Å². The summed E-state index contributed by atoms with van der Waals surface area (Å²) in [5.41, 5.74) is 5.94. The topological polar surface area (TPSA) is 55.6 Å². The van der Waals surface area contributed by atoms with Crippen LogP contribution in [0, 0.1) is 9.49 Å². The summed E-state index contributed by atoms with van der Waals surface area (Å²) in [5, 5.41) is 0. The minimum absolute atomic E-state index is 0. The molecule has 0 aliphatic carbocycles. The normalized spacial score (nSPS) is 19.6. The molecular weight excluding hydrogens is 403 g/mol. The van der Waals surface area contributed by atoms with Crippen LogP contribution < -0.4 is 10.5 Å². The van der Waals surface area contributed by atoms with E-state index in [4.69, 9.17) is 10.5 Å². The van der Waals surface area contributed by atoms with Gasteiger partial charge in [-0.2, -0.15) is 0 Å². The first-order chi connectivity index (χ1) is 9.56. The fourth-order valence-corrected chi connectivity index (χ4v) is 2.79. The summed E-state index contributed by atoms with van der Waals surface area (Å²) in [6.45, 7) is 3.69. The second-order valence-electron chi connectivity index (χ2n) is 5.34. The third-order valence-corrected chi connectivity index (χ3v) is 4.45. The Morgan fingerprint density at radius 1 is 1.48 bits per heavy atom. The maximum absolute atomic E-state index is 12.2. The third-order valence-electron chi connectivity index (χ3n) is 3.73. The lowest BCUT2D eigenvalue weighted by atomic mass is 9.92. The van der Waals surface area contributed by atoms with Gasteiger partial charge in [-0.05, 0) is 72.5 Å². The second kappa shape index (κ2) is 8.80. The number of carbonyl (C=O) groups excluding carboxylic acids is 1. The van der Waals surface area contributed by atoms with Gasteiger partial charge in [0.1, 0.15) is 5.75 Å². The average molecular weight is 425 g/mol. The number of nitrogens with zero attached hydrogens (tertiary/aromatic N) is 1. The Kier molecular flexibility index (Phi) is 7.76. The first-order valence-corrected chi connectivity index (χ1v) is 8.06. The fraction of sp³-hybridized carbons (Fsp3) is 0.533. The van der Waals surface area contributed by atoms with Crippen molar-refractivity contribution < 1.29 is 9.53 Å². The van der Waals surface area contributed by atoms with Crippen molar-refractivity contribution in [2.75, 3.05) is 19.7 Å². The van der Waals surface area contributed by atoms with Gasteiger partial charge in [0, 0.05) is 22.7 Å². The third kappa shape index (κ3) is 5.64. The lowest BCUT2D eigenvalue weighted by Gasteiger charge is -2.34. The molecule has 0 aromatic heterocycles. The molecule has 6 heteroatoms. The van der Waals surface area contributed by atoms with Crippen molar-refractivity contribution in [2.45, 2.75) is 25.8 Å². The largest absolute Gasteiger partial charge is 0.484 e. The van der Waals surface area contributed by atoms with E-state index in [1.165, 1.54) is 0 Å². The Hall–Kier alpha value is -0.530. The summed E-state index contributed by atoms with van der Waals surface area (Å²) in [7, 11) is 0. The molecule has 2 N–H and O–H groups in total.